The minimum Gasteiger partial charge on any atom is -0.356 e. The molecule has 0 aliphatic carbocycles. The van der Waals surface area contributed by atoms with Gasteiger partial charge in [-0.2, -0.15) is 11.8 Å². The maximum absolute atomic E-state index is 13.4. The molecule has 0 unspecified atom stereocenters. The van der Waals surface area contributed by atoms with E-state index in [1.807, 2.05) is 23.9 Å². The Hall–Kier alpha value is -2.20. The first-order valence-electron chi connectivity index (χ1n) is 9.04. The van der Waals surface area contributed by atoms with Crippen LogP contribution in [0.5, 0.6) is 0 Å². The third-order valence-corrected chi connectivity index (χ3v) is 5.77. The highest BCUT2D eigenvalue weighted by Crippen LogP contribution is 2.27. The summed E-state index contributed by atoms with van der Waals surface area (Å²) in [6.45, 7) is 4.22. The van der Waals surface area contributed by atoms with E-state index >= 15 is 0 Å². The van der Waals surface area contributed by atoms with Crippen LogP contribution in [0.3, 0.4) is 0 Å². The number of nitrogens with zero attached hydrogens (tertiary/aromatic N) is 2. The third kappa shape index (κ3) is 3.80. The molecule has 4 heteroatoms. The summed E-state index contributed by atoms with van der Waals surface area (Å²) < 4.78 is 15.6. The van der Waals surface area contributed by atoms with Crippen molar-refractivity contribution < 1.29 is 4.39 Å². The topological polar surface area (TPSA) is 8.17 Å². The van der Waals surface area contributed by atoms with Gasteiger partial charge in [-0.1, -0.05) is 29.8 Å². The number of aromatic nitrogens is 1. The van der Waals surface area contributed by atoms with Crippen LogP contribution in [0.15, 0.2) is 60.8 Å². The first-order valence-corrected chi connectivity index (χ1v) is 10.2. The molecular formula is C22H23FN2S. The fourth-order valence-corrected chi connectivity index (χ4v) is 4.29. The van der Waals surface area contributed by atoms with Gasteiger partial charge in [0.2, 0.25) is 0 Å². The average Bonchev–Trinajstić information content (AvgIpc) is 3.09. The van der Waals surface area contributed by atoms with Crippen LogP contribution in [0, 0.1) is 12.7 Å². The van der Waals surface area contributed by atoms with Gasteiger partial charge < -0.3 is 9.47 Å². The number of thioether (sulfide) groups is 1. The number of hydrogen-bond donors (Lipinski definition) is 0. The van der Waals surface area contributed by atoms with Gasteiger partial charge >= 0.3 is 0 Å². The highest BCUT2D eigenvalue weighted by molar-refractivity contribution is 7.99. The smallest absolute Gasteiger partial charge is 0.123 e. The van der Waals surface area contributed by atoms with Crippen LogP contribution in [0.25, 0.3) is 5.69 Å². The normalized spacial score (nSPS) is 14.6. The van der Waals surface area contributed by atoms with Gasteiger partial charge in [-0.3, -0.25) is 0 Å². The zero-order valence-electron chi connectivity index (χ0n) is 15.0. The number of halogens is 1. The first kappa shape index (κ1) is 17.2. The van der Waals surface area contributed by atoms with Crippen molar-refractivity contribution in [3.8, 4) is 5.69 Å². The van der Waals surface area contributed by atoms with E-state index in [-0.39, 0.29) is 5.82 Å². The van der Waals surface area contributed by atoms with Crippen LogP contribution in [0.1, 0.15) is 16.7 Å². The fraction of sp³-hybridized carbons (Fsp3) is 0.273. The monoisotopic (exact) mass is 366 g/mol. The minimum atomic E-state index is -0.197. The minimum absolute atomic E-state index is 0.197. The van der Waals surface area contributed by atoms with Crippen molar-refractivity contribution >= 4 is 17.6 Å². The molecule has 4 rings (SSSR count). The molecule has 2 heterocycles. The quantitative estimate of drug-likeness (QED) is 0.637. The van der Waals surface area contributed by atoms with Crippen molar-refractivity contribution in [2.45, 2.75) is 13.3 Å². The maximum Gasteiger partial charge on any atom is 0.123 e. The van der Waals surface area contributed by atoms with Gasteiger partial charge in [-0.05, 0) is 54.8 Å². The Balaban J connectivity index is 1.69. The lowest BCUT2D eigenvalue weighted by Crippen LogP contribution is -2.33. The van der Waals surface area contributed by atoms with Crippen LogP contribution in [-0.4, -0.2) is 29.2 Å². The summed E-state index contributed by atoms with van der Waals surface area (Å²) in [7, 11) is 0. The average molecular weight is 367 g/mol. The standard InChI is InChI=1S/C22H23FN2S/c1-17-2-4-18(5-3-17)14-19-15-22(24-10-12-26-13-11-24)25(16-19)21-8-6-20(23)7-9-21/h2-9,15-16H,10-14H2,1H3. The van der Waals surface area contributed by atoms with Gasteiger partial charge in [-0.25, -0.2) is 4.39 Å². The predicted octanol–water partition coefficient (Wildman–Crippen LogP) is 5.07. The number of benzene rings is 2. The lowest BCUT2D eigenvalue weighted by Gasteiger charge is -2.29. The van der Waals surface area contributed by atoms with E-state index in [4.69, 9.17) is 0 Å². The Morgan fingerprint density at radius 3 is 2.31 bits per heavy atom. The van der Waals surface area contributed by atoms with Crippen LogP contribution >= 0.6 is 11.8 Å². The van der Waals surface area contributed by atoms with E-state index < -0.39 is 0 Å². The lowest BCUT2D eigenvalue weighted by molar-refractivity contribution is 0.627. The Morgan fingerprint density at radius 2 is 1.62 bits per heavy atom. The molecule has 1 saturated heterocycles. The van der Waals surface area contributed by atoms with Crippen molar-refractivity contribution in [3.63, 3.8) is 0 Å². The van der Waals surface area contributed by atoms with E-state index in [1.165, 1.54) is 34.6 Å². The number of anilines is 1. The van der Waals surface area contributed by atoms with Crippen LogP contribution < -0.4 is 4.90 Å². The van der Waals surface area contributed by atoms with Gasteiger partial charge in [0.05, 0.1) is 0 Å². The molecule has 0 spiro atoms. The summed E-state index contributed by atoms with van der Waals surface area (Å²) in [4.78, 5) is 2.44. The summed E-state index contributed by atoms with van der Waals surface area (Å²) in [5, 5.41) is 0. The largest absolute Gasteiger partial charge is 0.356 e. The molecule has 0 N–H and O–H groups in total. The molecule has 0 saturated carbocycles. The van der Waals surface area contributed by atoms with E-state index in [2.05, 4.69) is 52.9 Å². The Morgan fingerprint density at radius 1 is 0.923 bits per heavy atom. The number of rotatable bonds is 4. The molecule has 26 heavy (non-hydrogen) atoms. The molecule has 0 bridgehead atoms. The zero-order valence-corrected chi connectivity index (χ0v) is 15.8. The predicted molar refractivity (Wildman–Crippen MR) is 109 cm³/mol. The summed E-state index contributed by atoms with van der Waals surface area (Å²) in [6.07, 6.45) is 3.11. The van der Waals surface area contributed by atoms with Crippen LogP contribution in [0.4, 0.5) is 10.2 Å². The first-order chi connectivity index (χ1) is 12.7. The molecule has 1 aliphatic heterocycles. The summed E-state index contributed by atoms with van der Waals surface area (Å²) in [5.74, 6) is 3.32. The second-order valence-corrected chi connectivity index (χ2v) is 8.04. The van der Waals surface area contributed by atoms with Crippen molar-refractivity contribution in [2.75, 3.05) is 29.5 Å². The SMILES string of the molecule is Cc1ccc(Cc2cc(N3CCSCC3)n(-c3ccc(F)cc3)c2)cc1. The number of hydrogen-bond acceptors (Lipinski definition) is 2. The fourth-order valence-electron chi connectivity index (χ4n) is 3.39. The Labute approximate surface area is 158 Å². The van der Waals surface area contributed by atoms with Crippen LogP contribution in [-0.2, 0) is 6.42 Å². The maximum atomic E-state index is 13.4. The van der Waals surface area contributed by atoms with Gasteiger partial charge in [0, 0.05) is 36.5 Å². The molecular weight excluding hydrogens is 343 g/mol. The van der Waals surface area contributed by atoms with E-state index in [0.29, 0.717) is 0 Å². The second kappa shape index (κ2) is 7.58. The summed E-state index contributed by atoms with van der Waals surface area (Å²) in [6, 6.07) is 17.8. The van der Waals surface area contributed by atoms with Gasteiger partial charge in [0.15, 0.2) is 0 Å². The summed E-state index contributed by atoms with van der Waals surface area (Å²) in [5.41, 5.74) is 4.89. The number of aryl methyl sites for hydroxylation is 1. The zero-order chi connectivity index (χ0) is 17.9. The highest BCUT2D eigenvalue weighted by Gasteiger charge is 2.17. The molecule has 2 nitrogen and oxygen atoms in total. The van der Waals surface area contributed by atoms with Crippen molar-refractivity contribution in [2.24, 2.45) is 0 Å². The molecule has 0 radical (unpaired) electrons. The molecule has 2 aromatic carbocycles. The molecule has 0 atom stereocenters. The third-order valence-electron chi connectivity index (χ3n) is 4.82. The summed E-state index contributed by atoms with van der Waals surface area (Å²) >= 11 is 2.01. The van der Waals surface area contributed by atoms with Crippen molar-refractivity contribution in [1.29, 1.82) is 0 Å². The Kier molecular flexibility index (Phi) is 5.02. The van der Waals surface area contributed by atoms with Crippen molar-refractivity contribution in [1.82, 2.24) is 4.57 Å². The molecule has 3 aromatic rings. The second-order valence-electron chi connectivity index (χ2n) is 6.81. The van der Waals surface area contributed by atoms with Crippen molar-refractivity contribution in [3.05, 3.63) is 83.3 Å². The van der Waals surface area contributed by atoms with E-state index in [0.717, 1.165) is 36.7 Å². The van der Waals surface area contributed by atoms with E-state index in [1.54, 1.807) is 0 Å². The molecule has 1 aliphatic rings. The molecule has 134 valence electrons. The lowest BCUT2D eigenvalue weighted by atomic mass is 10.1. The van der Waals surface area contributed by atoms with Gasteiger partial charge in [0.1, 0.15) is 11.6 Å². The van der Waals surface area contributed by atoms with Gasteiger partial charge in [-0.15, -0.1) is 0 Å². The molecule has 0 amide bonds. The molecule has 1 aromatic heterocycles. The molecule has 1 fully saturated rings. The van der Waals surface area contributed by atoms with Crippen LogP contribution in [0.2, 0.25) is 0 Å². The Bertz CT molecular complexity index is 862. The van der Waals surface area contributed by atoms with Gasteiger partial charge in [0.25, 0.3) is 0 Å². The van der Waals surface area contributed by atoms with E-state index in [9.17, 15) is 4.39 Å². The highest BCUT2D eigenvalue weighted by atomic mass is 32.2.